The lowest BCUT2D eigenvalue weighted by molar-refractivity contribution is 0.0900. The number of hydrogen-bond acceptors (Lipinski definition) is 3. The summed E-state index contributed by atoms with van der Waals surface area (Å²) in [6, 6.07) is 5.95. The molecule has 1 aromatic carbocycles. The van der Waals surface area contributed by atoms with Crippen LogP contribution in [0.2, 0.25) is 0 Å². The zero-order chi connectivity index (χ0) is 15.1. The molecule has 112 valence electrons. The van der Waals surface area contributed by atoms with Crippen molar-refractivity contribution < 1.29 is 18.7 Å². The molecule has 1 aromatic rings. The first-order valence-electron chi connectivity index (χ1n) is 6.39. The van der Waals surface area contributed by atoms with E-state index in [1.807, 2.05) is 13.8 Å². The van der Waals surface area contributed by atoms with Crippen LogP contribution in [0.5, 0.6) is 0 Å². The minimum absolute atomic E-state index is 0.185. The molecular weight excluding hydrogens is 284 g/mol. The Balaban J connectivity index is 2.47. The molecule has 0 bridgehead atoms. The van der Waals surface area contributed by atoms with Crippen molar-refractivity contribution in [3.63, 3.8) is 0 Å². The SMILES string of the molecule is CC(C)CC(O)CNC(=O)c1ccc(SC(F)F)cc1. The lowest BCUT2D eigenvalue weighted by Gasteiger charge is -2.14. The van der Waals surface area contributed by atoms with Gasteiger partial charge in [0, 0.05) is 17.0 Å². The Bertz CT molecular complexity index is 424. The summed E-state index contributed by atoms with van der Waals surface area (Å²) in [5.41, 5.74) is 0.389. The monoisotopic (exact) mass is 303 g/mol. The van der Waals surface area contributed by atoms with Gasteiger partial charge in [-0.25, -0.2) is 0 Å². The van der Waals surface area contributed by atoms with Crippen molar-refractivity contribution in [2.75, 3.05) is 6.54 Å². The highest BCUT2D eigenvalue weighted by Crippen LogP contribution is 2.25. The van der Waals surface area contributed by atoms with Gasteiger partial charge in [0.25, 0.3) is 11.7 Å². The van der Waals surface area contributed by atoms with Crippen LogP contribution in [-0.2, 0) is 0 Å². The second-order valence-corrected chi connectivity index (χ2v) is 5.96. The van der Waals surface area contributed by atoms with Crippen molar-refractivity contribution in [1.82, 2.24) is 5.32 Å². The number of halogens is 2. The Hall–Kier alpha value is -1.14. The van der Waals surface area contributed by atoms with Crippen molar-refractivity contribution in [2.24, 2.45) is 5.92 Å². The quantitative estimate of drug-likeness (QED) is 0.761. The van der Waals surface area contributed by atoms with Crippen LogP contribution in [0.25, 0.3) is 0 Å². The number of nitrogens with one attached hydrogen (secondary N) is 1. The molecule has 1 atom stereocenters. The maximum atomic E-state index is 12.1. The van der Waals surface area contributed by atoms with Gasteiger partial charge in [0.2, 0.25) is 0 Å². The van der Waals surface area contributed by atoms with Gasteiger partial charge < -0.3 is 10.4 Å². The number of aliphatic hydroxyl groups excluding tert-OH is 1. The Morgan fingerprint density at radius 2 is 1.90 bits per heavy atom. The lowest BCUT2D eigenvalue weighted by atomic mass is 10.1. The van der Waals surface area contributed by atoms with E-state index in [1.54, 1.807) is 0 Å². The van der Waals surface area contributed by atoms with Crippen LogP contribution >= 0.6 is 11.8 Å². The number of carbonyl (C=O) groups is 1. The molecule has 0 aliphatic carbocycles. The number of amides is 1. The fourth-order valence-corrected chi connectivity index (χ4v) is 2.23. The predicted molar refractivity (Wildman–Crippen MR) is 76.1 cm³/mol. The summed E-state index contributed by atoms with van der Waals surface area (Å²) < 4.78 is 24.3. The molecule has 0 radical (unpaired) electrons. The molecule has 2 N–H and O–H groups in total. The number of benzene rings is 1. The summed E-state index contributed by atoms with van der Waals surface area (Å²) in [7, 11) is 0. The van der Waals surface area contributed by atoms with Crippen molar-refractivity contribution in [3.8, 4) is 0 Å². The van der Waals surface area contributed by atoms with Gasteiger partial charge in [-0.2, -0.15) is 8.78 Å². The molecule has 0 fully saturated rings. The topological polar surface area (TPSA) is 49.3 Å². The number of alkyl halides is 2. The third-order valence-corrected chi connectivity index (χ3v) is 3.31. The Morgan fingerprint density at radius 3 is 2.40 bits per heavy atom. The van der Waals surface area contributed by atoms with Crippen LogP contribution in [0.1, 0.15) is 30.6 Å². The lowest BCUT2D eigenvalue weighted by Crippen LogP contribution is -2.32. The molecule has 6 heteroatoms. The normalized spacial score (nSPS) is 12.8. The van der Waals surface area contributed by atoms with Crippen LogP contribution in [0, 0.1) is 5.92 Å². The molecule has 0 spiro atoms. The highest BCUT2D eigenvalue weighted by molar-refractivity contribution is 7.99. The van der Waals surface area contributed by atoms with E-state index in [1.165, 1.54) is 24.3 Å². The van der Waals surface area contributed by atoms with Crippen LogP contribution < -0.4 is 5.32 Å². The van der Waals surface area contributed by atoms with Gasteiger partial charge in [0.1, 0.15) is 0 Å². The van der Waals surface area contributed by atoms with Gasteiger partial charge in [0.05, 0.1) is 6.10 Å². The summed E-state index contributed by atoms with van der Waals surface area (Å²) in [5, 5.41) is 12.3. The van der Waals surface area contributed by atoms with Gasteiger partial charge >= 0.3 is 0 Å². The highest BCUT2D eigenvalue weighted by Gasteiger charge is 2.11. The zero-order valence-corrected chi connectivity index (χ0v) is 12.3. The highest BCUT2D eigenvalue weighted by atomic mass is 32.2. The fraction of sp³-hybridized carbons (Fsp3) is 0.500. The Morgan fingerprint density at radius 1 is 1.30 bits per heavy atom. The molecule has 0 heterocycles. The van der Waals surface area contributed by atoms with E-state index in [4.69, 9.17) is 0 Å². The zero-order valence-electron chi connectivity index (χ0n) is 11.5. The van der Waals surface area contributed by atoms with E-state index in [2.05, 4.69) is 5.32 Å². The number of aliphatic hydroxyl groups is 1. The average Bonchev–Trinajstić information content (AvgIpc) is 2.35. The van der Waals surface area contributed by atoms with E-state index < -0.39 is 11.9 Å². The van der Waals surface area contributed by atoms with E-state index in [9.17, 15) is 18.7 Å². The van der Waals surface area contributed by atoms with Crippen molar-refractivity contribution in [1.29, 1.82) is 0 Å². The van der Waals surface area contributed by atoms with Crippen LogP contribution in [0.4, 0.5) is 8.78 Å². The maximum Gasteiger partial charge on any atom is 0.288 e. The first kappa shape index (κ1) is 16.9. The summed E-state index contributed by atoms with van der Waals surface area (Å²) in [5.74, 6) is -2.44. The summed E-state index contributed by atoms with van der Waals surface area (Å²) in [6.45, 7) is 4.17. The third kappa shape index (κ3) is 6.34. The third-order valence-electron chi connectivity index (χ3n) is 2.58. The van der Waals surface area contributed by atoms with Crippen LogP contribution in [0.15, 0.2) is 29.2 Å². The standard InChI is InChI=1S/C14H19F2NO2S/c1-9(2)7-11(18)8-17-13(19)10-3-5-12(6-4-10)20-14(15)16/h3-6,9,11,14,18H,7-8H2,1-2H3,(H,17,19). The first-order valence-corrected chi connectivity index (χ1v) is 7.27. The number of carbonyl (C=O) groups excluding carboxylic acids is 1. The summed E-state index contributed by atoms with van der Waals surface area (Å²) in [4.78, 5) is 12.2. The predicted octanol–water partition coefficient (Wildman–Crippen LogP) is 3.14. The second-order valence-electron chi connectivity index (χ2n) is 4.90. The van der Waals surface area contributed by atoms with Crippen molar-refractivity contribution >= 4 is 17.7 Å². The molecule has 0 saturated carbocycles. The second kappa shape index (κ2) is 8.21. The molecule has 1 rings (SSSR count). The largest absolute Gasteiger partial charge is 0.391 e. The Labute approximate surface area is 121 Å². The molecule has 0 aromatic heterocycles. The summed E-state index contributed by atoms with van der Waals surface area (Å²) >= 11 is 0.439. The van der Waals surface area contributed by atoms with Gasteiger partial charge in [-0.15, -0.1) is 0 Å². The minimum Gasteiger partial charge on any atom is -0.391 e. The molecule has 20 heavy (non-hydrogen) atoms. The number of thioether (sulfide) groups is 1. The van der Waals surface area contributed by atoms with Crippen molar-refractivity contribution in [2.45, 2.75) is 37.0 Å². The van der Waals surface area contributed by atoms with Crippen molar-refractivity contribution in [3.05, 3.63) is 29.8 Å². The smallest absolute Gasteiger partial charge is 0.288 e. The van der Waals surface area contributed by atoms with Crippen LogP contribution in [0.3, 0.4) is 0 Å². The van der Waals surface area contributed by atoms with Gasteiger partial charge in [-0.3, -0.25) is 4.79 Å². The van der Waals surface area contributed by atoms with E-state index in [-0.39, 0.29) is 12.5 Å². The van der Waals surface area contributed by atoms with E-state index in [0.29, 0.717) is 34.6 Å². The van der Waals surface area contributed by atoms with Crippen LogP contribution in [-0.4, -0.2) is 29.4 Å². The molecule has 3 nitrogen and oxygen atoms in total. The first-order chi connectivity index (χ1) is 9.38. The van der Waals surface area contributed by atoms with Gasteiger partial charge in [0.15, 0.2) is 0 Å². The maximum absolute atomic E-state index is 12.1. The fourth-order valence-electron chi connectivity index (χ4n) is 1.73. The van der Waals surface area contributed by atoms with Gasteiger partial charge in [-0.05, 0) is 36.6 Å². The van der Waals surface area contributed by atoms with E-state index in [0.717, 1.165) is 0 Å². The molecular formula is C14H19F2NO2S. The summed E-state index contributed by atoms with van der Waals surface area (Å²) in [6.07, 6.45) is 0.0390. The Kier molecular flexibility index (Phi) is 6.95. The number of hydrogen-bond donors (Lipinski definition) is 2. The molecule has 1 unspecified atom stereocenters. The average molecular weight is 303 g/mol. The van der Waals surface area contributed by atoms with Gasteiger partial charge in [-0.1, -0.05) is 25.6 Å². The molecule has 1 amide bonds. The number of rotatable bonds is 7. The molecule has 0 aliphatic rings. The van der Waals surface area contributed by atoms with E-state index >= 15 is 0 Å². The molecule has 0 aliphatic heterocycles. The molecule has 0 saturated heterocycles. The minimum atomic E-state index is -2.47.